The number of piperidine rings is 1. The summed E-state index contributed by atoms with van der Waals surface area (Å²) in [6.45, 7) is 8.28. The molecule has 0 bridgehead atoms. The summed E-state index contributed by atoms with van der Waals surface area (Å²) in [5.41, 5.74) is 3.16. The summed E-state index contributed by atoms with van der Waals surface area (Å²) in [5.74, 6) is 0. The van der Waals surface area contributed by atoms with Crippen molar-refractivity contribution in [2.75, 3.05) is 19.7 Å². The van der Waals surface area contributed by atoms with E-state index in [1.807, 2.05) is 54.6 Å². The van der Waals surface area contributed by atoms with Crippen molar-refractivity contribution in [1.29, 1.82) is 0 Å². The largest absolute Gasteiger partial charge is 0.445 e. The molecule has 5 nitrogen and oxygen atoms in total. The van der Waals surface area contributed by atoms with Crippen LogP contribution in [0.25, 0.3) is 0 Å². The van der Waals surface area contributed by atoms with E-state index in [1.54, 1.807) is 23.1 Å². The molecule has 1 heterocycles. The lowest BCUT2D eigenvalue weighted by Crippen LogP contribution is -2.61. The number of carbonyl (C=O) groups excluding carboxylic acids is 1. The van der Waals surface area contributed by atoms with Crippen LogP contribution < -0.4 is 5.32 Å². The van der Waals surface area contributed by atoms with Gasteiger partial charge in [-0.1, -0.05) is 122 Å². The molecule has 0 aromatic heterocycles. The molecule has 0 spiro atoms. The van der Waals surface area contributed by atoms with E-state index in [0.717, 1.165) is 22.3 Å². The van der Waals surface area contributed by atoms with Gasteiger partial charge in [0.15, 0.2) is 0 Å². The van der Waals surface area contributed by atoms with Crippen LogP contribution in [0, 0.1) is 0 Å². The highest BCUT2D eigenvalue weighted by Gasteiger charge is 2.42. The van der Waals surface area contributed by atoms with Gasteiger partial charge in [0, 0.05) is 13.1 Å². The second kappa shape index (κ2) is 12.3. The minimum absolute atomic E-state index is 0.119. The predicted molar refractivity (Wildman–Crippen MR) is 148 cm³/mol. The number of hydrogen-bond donors (Lipinski definition) is 2. The van der Waals surface area contributed by atoms with Crippen molar-refractivity contribution in [2.45, 2.75) is 24.1 Å². The predicted octanol–water partition coefficient (Wildman–Crippen LogP) is 5.44. The first-order chi connectivity index (χ1) is 18.1. The highest BCUT2D eigenvalue weighted by molar-refractivity contribution is 5.68. The molecule has 2 atom stereocenters. The van der Waals surface area contributed by atoms with Crippen LogP contribution in [0.5, 0.6) is 0 Å². The Hall–Kier alpha value is -3.93. The van der Waals surface area contributed by atoms with Gasteiger partial charge in [0.2, 0.25) is 0 Å². The van der Waals surface area contributed by atoms with Gasteiger partial charge in [0.1, 0.15) is 6.61 Å². The molecule has 190 valence electrons. The second-order valence-corrected chi connectivity index (χ2v) is 9.14. The number of rotatable bonds is 9. The normalized spacial score (nSPS) is 18.2. The highest BCUT2D eigenvalue weighted by Crippen LogP contribution is 2.38. The van der Waals surface area contributed by atoms with Gasteiger partial charge in [-0.3, -0.25) is 5.32 Å². The number of ether oxygens (including phenoxy) is 1. The number of carbonyl (C=O) groups is 1. The fraction of sp³-hybridized carbons (Fsp3) is 0.219. The maximum atomic E-state index is 13.0. The van der Waals surface area contributed by atoms with Crippen LogP contribution in [-0.4, -0.2) is 47.9 Å². The monoisotopic (exact) mass is 494 g/mol. The van der Waals surface area contributed by atoms with Crippen LogP contribution in [0.4, 0.5) is 4.79 Å². The third-order valence-electron chi connectivity index (χ3n) is 6.81. The second-order valence-electron chi connectivity index (χ2n) is 9.14. The molecular weight excluding hydrogens is 460 g/mol. The minimum Gasteiger partial charge on any atom is -0.445 e. The Morgan fingerprint density at radius 1 is 0.946 bits per heavy atom. The van der Waals surface area contributed by atoms with Crippen LogP contribution in [0.1, 0.15) is 23.1 Å². The summed E-state index contributed by atoms with van der Waals surface area (Å²) in [5, 5.41) is 14.9. The summed E-state index contributed by atoms with van der Waals surface area (Å²) in [4.78, 5) is 14.6. The standard InChI is InChI=1S/C32H34N2O3/c1-3-14-25(4-2)24-37-31(36)34-22-21-30(35)29(23-34)33-32(26-15-8-5-9-16-26,27-17-10-6-11-18-27)28-19-12-7-13-20-28/h3-20,29-30,33,35H,1-2,21-24H2/b25-14+. The minimum atomic E-state index is -0.745. The topological polar surface area (TPSA) is 61.8 Å². The number of benzene rings is 3. The average molecular weight is 495 g/mol. The van der Waals surface area contributed by atoms with E-state index in [9.17, 15) is 9.90 Å². The van der Waals surface area contributed by atoms with Gasteiger partial charge in [-0.15, -0.1) is 0 Å². The molecule has 1 saturated heterocycles. The highest BCUT2D eigenvalue weighted by atomic mass is 16.6. The molecule has 1 aliphatic rings. The fourth-order valence-electron chi connectivity index (χ4n) is 4.90. The summed E-state index contributed by atoms with van der Waals surface area (Å²) >= 11 is 0. The van der Waals surface area contributed by atoms with Crippen molar-refractivity contribution in [2.24, 2.45) is 0 Å². The first-order valence-corrected chi connectivity index (χ1v) is 12.6. The van der Waals surface area contributed by atoms with Crippen LogP contribution in [0.3, 0.4) is 0 Å². The Bertz CT molecular complexity index is 1110. The van der Waals surface area contributed by atoms with Gasteiger partial charge in [0.25, 0.3) is 0 Å². The molecule has 1 fully saturated rings. The SMILES string of the molecule is C=C/C=C(\C=C)COC(=O)N1CCC(O)C(NC(c2ccccc2)(c2ccccc2)c2ccccc2)C1. The van der Waals surface area contributed by atoms with Crippen molar-refractivity contribution < 1.29 is 14.6 Å². The first kappa shape index (κ1) is 26.1. The van der Waals surface area contributed by atoms with Gasteiger partial charge in [-0.25, -0.2) is 4.79 Å². The number of amides is 1. The quantitative estimate of drug-likeness (QED) is 0.307. The van der Waals surface area contributed by atoms with Crippen LogP contribution in [0.15, 0.2) is 128 Å². The Labute approximate surface area is 219 Å². The summed E-state index contributed by atoms with van der Waals surface area (Å²) in [6, 6.07) is 30.3. The Morgan fingerprint density at radius 2 is 1.46 bits per heavy atom. The average Bonchev–Trinajstić information content (AvgIpc) is 2.96. The fourth-order valence-corrected chi connectivity index (χ4v) is 4.90. The van der Waals surface area contributed by atoms with E-state index in [4.69, 9.17) is 4.74 Å². The number of hydrogen-bond acceptors (Lipinski definition) is 4. The summed E-state index contributed by atoms with van der Waals surface area (Å²) in [6.07, 6.45) is 4.44. The van der Waals surface area contributed by atoms with Crippen molar-refractivity contribution in [3.63, 3.8) is 0 Å². The van der Waals surface area contributed by atoms with Gasteiger partial charge < -0.3 is 14.7 Å². The van der Waals surface area contributed by atoms with Crippen LogP contribution in [0.2, 0.25) is 0 Å². The lowest BCUT2D eigenvalue weighted by molar-refractivity contribution is 0.0324. The Kier molecular flexibility index (Phi) is 8.72. The number of aliphatic hydroxyl groups excluding tert-OH is 1. The molecule has 4 rings (SSSR count). The van der Waals surface area contributed by atoms with Crippen LogP contribution >= 0.6 is 0 Å². The van der Waals surface area contributed by atoms with Crippen LogP contribution in [-0.2, 0) is 10.3 Å². The molecule has 0 aliphatic carbocycles. The van der Waals surface area contributed by atoms with Crippen molar-refractivity contribution in [3.05, 3.63) is 145 Å². The van der Waals surface area contributed by atoms with Crippen molar-refractivity contribution in [3.8, 4) is 0 Å². The van der Waals surface area contributed by atoms with E-state index in [1.165, 1.54) is 0 Å². The number of aliphatic hydroxyl groups is 1. The van der Waals surface area contributed by atoms with Gasteiger partial charge >= 0.3 is 6.09 Å². The van der Waals surface area contributed by atoms with E-state index >= 15 is 0 Å². The molecule has 3 aromatic rings. The van der Waals surface area contributed by atoms with Gasteiger partial charge in [-0.05, 0) is 28.7 Å². The lowest BCUT2D eigenvalue weighted by atomic mass is 9.76. The summed E-state index contributed by atoms with van der Waals surface area (Å²) < 4.78 is 5.54. The number of nitrogens with one attached hydrogen (secondary N) is 1. The molecule has 1 aliphatic heterocycles. The molecule has 2 unspecified atom stereocenters. The van der Waals surface area contributed by atoms with Crippen molar-refractivity contribution in [1.82, 2.24) is 10.2 Å². The zero-order valence-corrected chi connectivity index (χ0v) is 21.0. The van der Waals surface area contributed by atoms with Gasteiger partial charge in [0.05, 0.1) is 17.7 Å². The van der Waals surface area contributed by atoms with Crippen molar-refractivity contribution >= 4 is 6.09 Å². The zero-order chi connectivity index (χ0) is 26.1. The molecular formula is C32H34N2O3. The molecule has 0 saturated carbocycles. The molecule has 0 radical (unpaired) electrons. The van der Waals surface area contributed by atoms with E-state index < -0.39 is 23.8 Å². The molecule has 1 amide bonds. The lowest BCUT2D eigenvalue weighted by Gasteiger charge is -2.44. The zero-order valence-electron chi connectivity index (χ0n) is 21.0. The molecule has 5 heteroatoms. The molecule has 2 N–H and O–H groups in total. The van der Waals surface area contributed by atoms with E-state index in [2.05, 4.69) is 54.9 Å². The Balaban J connectivity index is 1.68. The number of likely N-dealkylation sites (tertiary alicyclic amines) is 1. The summed E-state index contributed by atoms with van der Waals surface area (Å²) in [7, 11) is 0. The molecule has 3 aromatic carbocycles. The molecule has 37 heavy (non-hydrogen) atoms. The van der Waals surface area contributed by atoms with E-state index in [0.29, 0.717) is 19.5 Å². The first-order valence-electron chi connectivity index (χ1n) is 12.6. The number of allylic oxidation sites excluding steroid dienone is 2. The smallest absolute Gasteiger partial charge is 0.410 e. The van der Waals surface area contributed by atoms with Gasteiger partial charge in [-0.2, -0.15) is 0 Å². The van der Waals surface area contributed by atoms with E-state index in [-0.39, 0.29) is 6.61 Å². The third-order valence-corrected chi connectivity index (χ3v) is 6.81. The maximum absolute atomic E-state index is 13.0. The Morgan fingerprint density at radius 3 is 1.92 bits per heavy atom. The number of nitrogens with zero attached hydrogens (tertiary/aromatic N) is 1. The maximum Gasteiger partial charge on any atom is 0.410 e. The third kappa shape index (κ3) is 5.91.